The second kappa shape index (κ2) is 8.09. The van der Waals surface area contributed by atoms with Crippen LogP contribution in [-0.2, 0) is 6.42 Å². The van der Waals surface area contributed by atoms with Gasteiger partial charge in [-0.25, -0.2) is 9.97 Å². The molecule has 2 aromatic heterocycles. The Balaban J connectivity index is 1.70. The van der Waals surface area contributed by atoms with E-state index in [1.807, 2.05) is 25.1 Å². The van der Waals surface area contributed by atoms with Crippen molar-refractivity contribution in [3.05, 3.63) is 40.0 Å². The molecule has 0 radical (unpaired) electrons. The fourth-order valence-electron chi connectivity index (χ4n) is 2.44. The highest BCUT2D eigenvalue weighted by atomic mass is 32.1. The van der Waals surface area contributed by atoms with Gasteiger partial charge in [-0.05, 0) is 32.0 Å². The number of nitrogens with zero attached hydrogens (tertiary/aromatic N) is 4. The number of rotatable bonds is 7. The summed E-state index contributed by atoms with van der Waals surface area (Å²) in [5, 5.41) is 12.4. The summed E-state index contributed by atoms with van der Waals surface area (Å²) >= 11 is 1.72. The molecule has 0 saturated carbocycles. The number of ether oxygens (including phenoxy) is 2. The van der Waals surface area contributed by atoms with Crippen molar-refractivity contribution in [1.29, 1.82) is 0 Å². The third-order valence-electron chi connectivity index (χ3n) is 3.93. The fraction of sp³-hybridized carbons (Fsp3) is 0.333. The maximum atomic E-state index is 5.34. The van der Waals surface area contributed by atoms with Crippen LogP contribution in [0.3, 0.4) is 0 Å². The Morgan fingerprint density at radius 1 is 1.08 bits per heavy atom. The van der Waals surface area contributed by atoms with Crippen LogP contribution in [-0.4, -0.2) is 40.9 Å². The van der Waals surface area contributed by atoms with Crippen molar-refractivity contribution in [2.75, 3.05) is 26.1 Å². The quantitative estimate of drug-likeness (QED) is 0.682. The number of benzene rings is 1. The van der Waals surface area contributed by atoms with E-state index in [2.05, 4.69) is 32.4 Å². The number of aromatic nitrogens is 4. The molecule has 136 valence electrons. The molecule has 3 aromatic rings. The van der Waals surface area contributed by atoms with Gasteiger partial charge in [-0.3, -0.25) is 0 Å². The summed E-state index contributed by atoms with van der Waals surface area (Å²) in [6.45, 7) is 4.81. The Labute approximate surface area is 156 Å². The van der Waals surface area contributed by atoms with E-state index in [0.717, 1.165) is 22.7 Å². The van der Waals surface area contributed by atoms with Crippen LogP contribution < -0.4 is 14.8 Å². The molecule has 8 heteroatoms. The molecule has 3 rings (SSSR count). The van der Waals surface area contributed by atoms with Crippen molar-refractivity contribution in [3.63, 3.8) is 0 Å². The van der Waals surface area contributed by atoms with Gasteiger partial charge in [0, 0.05) is 23.4 Å². The van der Waals surface area contributed by atoms with Gasteiger partial charge in [0.25, 0.3) is 0 Å². The Morgan fingerprint density at radius 2 is 1.88 bits per heavy atom. The van der Waals surface area contributed by atoms with E-state index < -0.39 is 0 Å². The van der Waals surface area contributed by atoms with Crippen LogP contribution in [0, 0.1) is 13.8 Å². The molecule has 0 bridgehead atoms. The van der Waals surface area contributed by atoms with Gasteiger partial charge in [0.15, 0.2) is 11.5 Å². The number of hydrogen-bond donors (Lipinski definition) is 1. The molecule has 1 N–H and O–H groups in total. The SMILES string of the molecule is COc1ccc(-c2cnnc(NCCc3nc(C)c(C)s3)n2)cc1OC. The molecular weight excluding hydrogens is 350 g/mol. The molecule has 1 aromatic carbocycles. The zero-order chi connectivity index (χ0) is 18.5. The highest BCUT2D eigenvalue weighted by molar-refractivity contribution is 7.11. The Bertz CT molecular complexity index is 878. The first-order chi connectivity index (χ1) is 12.6. The molecule has 0 aliphatic carbocycles. The molecule has 2 heterocycles. The molecule has 0 aliphatic rings. The first-order valence-electron chi connectivity index (χ1n) is 8.19. The summed E-state index contributed by atoms with van der Waals surface area (Å²) < 4.78 is 10.6. The minimum Gasteiger partial charge on any atom is -0.493 e. The predicted octanol–water partition coefficient (Wildman–Crippen LogP) is 3.28. The summed E-state index contributed by atoms with van der Waals surface area (Å²) in [4.78, 5) is 10.3. The maximum absolute atomic E-state index is 5.34. The summed E-state index contributed by atoms with van der Waals surface area (Å²) in [6, 6.07) is 5.63. The summed E-state index contributed by atoms with van der Waals surface area (Å²) in [7, 11) is 3.21. The minimum absolute atomic E-state index is 0.488. The van der Waals surface area contributed by atoms with Crippen molar-refractivity contribution in [2.45, 2.75) is 20.3 Å². The molecule has 7 nitrogen and oxygen atoms in total. The van der Waals surface area contributed by atoms with Crippen molar-refractivity contribution in [3.8, 4) is 22.8 Å². The van der Waals surface area contributed by atoms with Gasteiger partial charge in [-0.15, -0.1) is 16.4 Å². The second-order valence-corrected chi connectivity index (χ2v) is 6.95. The van der Waals surface area contributed by atoms with Crippen molar-refractivity contribution < 1.29 is 9.47 Å². The van der Waals surface area contributed by atoms with Crippen molar-refractivity contribution >= 4 is 17.3 Å². The smallest absolute Gasteiger partial charge is 0.243 e. The number of aryl methyl sites for hydroxylation is 2. The predicted molar refractivity (Wildman–Crippen MR) is 102 cm³/mol. The topological polar surface area (TPSA) is 82.1 Å². The van der Waals surface area contributed by atoms with Gasteiger partial charge in [-0.2, -0.15) is 5.10 Å². The van der Waals surface area contributed by atoms with Crippen LogP contribution in [0.25, 0.3) is 11.3 Å². The van der Waals surface area contributed by atoms with Crippen LogP contribution in [0.4, 0.5) is 5.95 Å². The molecule has 0 atom stereocenters. The lowest BCUT2D eigenvalue weighted by molar-refractivity contribution is 0.355. The summed E-state index contributed by atoms with van der Waals surface area (Å²) in [5.41, 5.74) is 2.69. The van der Waals surface area contributed by atoms with Crippen LogP contribution in [0.15, 0.2) is 24.4 Å². The van der Waals surface area contributed by atoms with Gasteiger partial charge in [0.2, 0.25) is 5.95 Å². The molecule has 26 heavy (non-hydrogen) atoms. The number of nitrogens with one attached hydrogen (secondary N) is 1. The molecule has 0 spiro atoms. The van der Waals surface area contributed by atoms with Gasteiger partial charge < -0.3 is 14.8 Å². The standard InChI is InChI=1S/C18H21N5O2S/c1-11-12(2)26-17(21-11)7-8-19-18-22-14(10-20-23-18)13-5-6-15(24-3)16(9-13)25-4/h5-6,9-10H,7-8H2,1-4H3,(H,19,22,23). The van der Waals surface area contributed by atoms with Crippen LogP contribution in [0.1, 0.15) is 15.6 Å². The van der Waals surface area contributed by atoms with E-state index in [4.69, 9.17) is 9.47 Å². The fourth-order valence-corrected chi connectivity index (χ4v) is 3.37. The highest BCUT2D eigenvalue weighted by Crippen LogP contribution is 2.31. The van der Waals surface area contributed by atoms with E-state index in [0.29, 0.717) is 29.7 Å². The normalized spacial score (nSPS) is 10.6. The van der Waals surface area contributed by atoms with Crippen LogP contribution in [0.2, 0.25) is 0 Å². The lowest BCUT2D eigenvalue weighted by Gasteiger charge is -2.09. The lowest BCUT2D eigenvalue weighted by atomic mass is 10.1. The van der Waals surface area contributed by atoms with Gasteiger partial charge in [-0.1, -0.05) is 0 Å². The van der Waals surface area contributed by atoms with Crippen molar-refractivity contribution in [2.24, 2.45) is 0 Å². The van der Waals surface area contributed by atoms with Gasteiger partial charge in [0.1, 0.15) is 0 Å². The van der Waals surface area contributed by atoms with Crippen LogP contribution >= 0.6 is 11.3 Å². The molecule has 0 saturated heterocycles. The van der Waals surface area contributed by atoms with Gasteiger partial charge >= 0.3 is 0 Å². The largest absolute Gasteiger partial charge is 0.493 e. The van der Waals surface area contributed by atoms with Crippen LogP contribution in [0.5, 0.6) is 11.5 Å². The Hall–Kier alpha value is -2.74. The zero-order valence-corrected chi connectivity index (χ0v) is 16.1. The number of anilines is 1. The Morgan fingerprint density at radius 3 is 2.58 bits per heavy atom. The van der Waals surface area contributed by atoms with Crippen molar-refractivity contribution in [1.82, 2.24) is 20.2 Å². The summed E-state index contributed by atoms with van der Waals surface area (Å²) in [5.74, 6) is 1.81. The number of hydrogen-bond acceptors (Lipinski definition) is 8. The maximum Gasteiger partial charge on any atom is 0.243 e. The third-order valence-corrected chi connectivity index (χ3v) is 5.07. The first-order valence-corrected chi connectivity index (χ1v) is 9.01. The minimum atomic E-state index is 0.488. The third kappa shape index (κ3) is 4.08. The monoisotopic (exact) mass is 371 g/mol. The average Bonchev–Trinajstić information content (AvgIpc) is 2.99. The van der Waals surface area contributed by atoms with E-state index in [-0.39, 0.29) is 0 Å². The van der Waals surface area contributed by atoms with E-state index in [9.17, 15) is 0 Å². The Kier molecular flexibility index (Phi) is 5.62. The lowest BCUT2D eigenvalue weighted by Crippen LogP contribution is -2.09. The molecular formula is C18H21N5O2S. The van der Waals surface area contributed by atoms with E-state index in [1.54, 1.807) is 31.8 Å². The molecule has 0 unspecified atom stereocenters. The molecule has 0 fully saturated rings. The van der Waals surface area contributed by atoms with Gasteiger partial charge in [0.05, 0.1) is 36.8 Å². The molecule has 0 amide bonds. The second-order valence-electron chi connectivity index (χ2n) is 5.66. The zero-order valence-electron chi connectivity index (χ0n) is 15.2. The number of methoxy groups -OCH3 is 2. The number of thiazole rings is 1. The highest BCUT2D eigenvalue weighted by Gasteiger charge is 2.09. The van der Waals surface area contributed by atoms with E-state index >= 15 is 0 Å². The molecule has 0 aliphatic heterocycles. The van der Waals surface area contributed by atoms with E-state index in [1.165, 1.54) is 4.88 Å². The average molecular weight is 371 g/mol. The first kappa shape index (κ1) is 18.1. The summed E-state index contributed by atoms with van der Waals surface area (Å²) in [6.07, 6.45) is 2.45.